The number of aromatic nitrogens is 4. The number of rotatable bonds is 5. The number of nitrogens with zero attached hydrogens (tertiary/aromatic N) is 5. The number of benzene rings is 1. The number of anilines is 3. The van der Waals surface area contributed by atoms with Gasteiger partial charge in [0.25, 0.3) is 0 Å². The van der Waals surface area contributed by atoms with E-state index in [4.69, 9.17) is 4.74 Å². The van der Waals surface area contributed by atoms with Gasteiger partial charge in [0.15, 0.2) is 11.0 Å². The minimum atomic E-state index is 0.494. The Morgan fingerprint density at radius 1 is 1.07 bits per heavy atom. The van der Waals surface area contributed by atoms with Crippen molar-refractivity contribution in [2.45, 2.75) is 6.92 Å². The van der Waals surface area contributed by atoms with Gasteiger partial charge < -0.3 is 9.64 Å². The SMILES string of the molecule is Cc1cnc(Nc2nc(/C=C/c3ccccc3)nc(N3CCOCC3)n2)s1. The first kappa shape index (κ1) is 17.6. The Labute approximate surface area is 161 Å². The van der Waals surface area contributed by atoms with Gasteiger partial charge in [0.2, 0.25) is 11.9 Å². The van der Waals surface area contributed by atoms with Gasteiger partial charge in [0, 0.05) is 24.2 Å². The van der Waals surface area contributed by atoms with Crippen LogP contribution in [0.15, 0.2) is 36.5 Å². The molecule has 0 radical (unpaired) electrons. The zero-order valence-corrected chi connectivity index (χ0v) is 15.8. The molecule has 7 nitrogen and oxygen atoms in total. The lowest BCUT2D eigenvalue weighted by atomic mass is 10.2. The first-order chi connectivity index (χ1) is 13.3. The summed E-state index contributed by atoms with van der Waals surface area (Å²) in [5.74, 6) is 1.75. The molecule has 3 aromatic rings. The second-order valence-electron chi connectivity index (χ2n) is 6.06. The van der Waals surface area contributed by atoms with Crippen LogP contribution in [0.1, 0.15) is 16.3 Å². The quantitative estimate of drug-likeness (QED) is 0.727. The van der Waals surface area contributed by atoms with Gasteiger partial charge in [0.05, 0.1) is 13.2 Å². The number of hydrogen-bond donors (Lipinski definition) is 1. The van der Waals surface area contributed by atoms with E-state index in [2.05, 4.69) is 30.2 Å². The van der Waals surface area contributed by atoms with Crippen LogP contribution in [0.5, 0.6) is 0 Å². The van der Waals surface area contributed by atoms with Crippen molar-refractivity contribution >= 4 is 40.5 Å². The fourth-order valence-electron chi connectivity index (χ4n) is 2.66. The first-order valence-electron chi connectivity index (χ1n) is 8.78. The van der Waals surface area contributed by atoms with Gasteiger partial charge in [0.1, 0.15) is 0 Å². The van der Waals surface area contributed by atoms with Crippen molar-refractivity contribution in [3.63, 3.8) is 0 Å². The maximum atomic E-state index is 5.43. The molecule has 2 aromatic heterocycles. The molecule has 0 bridgehead atoms. The number of ether oxygens (including phenoxy) is 1. The average Bonchev–Trinajstić information content (AvgIpc) is 3.12. The second-order valence-corrected chi connectivity index (χ2v) is 7.30. The normalized spacial score (nSPS) is 14.6. The zero-order chi connectivity index (χ0) is 18.5. The van der Waals surface area contributed by atoms with Crippen molar-refractivity contribution in [1.29, 1.82) is 0 Å². The largest absolute Gasteiger partial charge is 0.378 e. The summed E-state index contributed by atoms with van der Waals surface area (Å²) in [6.07, 6.45) is 5.72. The third kappa shape index (κ3) is 4.66. The Morgan fingerprint density at radius 3 is 2.63 bits per heavy atom. The lowest BCUT2D eigenvalue weighted by molar-refractivity contribution is 0.122. The van der Waals surface area contributed by atoms with Crippen molar-refractivity contribution in [2.75, 3.05) is 36.5 Å². The molecular formula is C19H20N6OS. The third-order valence-electron chi connectivity index (χ3n) is 4.00. The van der Waals surface area contributed by atoms with Crippen LogP contribution in [0.3, 0.4) is 0 Å². The van der Waals surface area contributed by atoms with Gasteiger partial charge in [-0.25, -0.2) is 4.98 Å². The highest BCUT2D eigenvalue weighted by Crippen LogP contribution is 2.21. The van der Waals surface area contributed by atoms with Crippen molar-refractivity contribution in [2.24, 2.45) is 0 Å². The summed E-state index contributed by atoms with van der Waals surface area (Å²) in [5, 5.41) is 3.96. The van der Waals surface area contributed by atoms with Crippen LogP contribution in [0, 0.1) is 6.92 Å². The predicted octanol–water partition coefficient (Wildman–Crippen LogP) is 3.39. The van der Waals surface area contributed by atoms with Crippen LogP contribution in [0.2, 0.25) is 0 Å². The Kier molecular flexibility index (Phi) is 5.36. The number of hydrogen-bond acceptors (Lipinski definition) is 8. The molecule has 0 spiro atoms. The molecule has 4 rings (SSSR count). The van der Waals surface area contributed by atoms with Crippen LogP contribution in [-0.4, -0.2) is 46.2 Å². The van der Waals surface area contributed by atoms with Crippen molar-refractivity contribution < 1.29 is 4.74 Å². The van der Waals surface area contributed by atoms with Crippen LogP contribution >= 0.6 is 11.3 Å². The van der Waals surface area contributed by atoms with Gasteiger partial charge in [-0.1, -0.05) is 36.4 Å². The molecule has 1 aromatic carbocycles. The van der Waals surface area contributed by atoms with E-state index in [-0.39, 0.29) is 0 Å². The lowest BCUT2D eigenvalue weighted by Gasteiger charge is -2.26. The van der Waals surface area contributed by atoms with Crippen LogP contribution in [0.4, 0.5) is 17.0 Å². The summed E-state index contributed by atoms with van der Waals surface area (Å²) in [7, 11) is 0. The van der Waals surface area contributed by atoms with Gasteiger partial charge in [-0.05, 0) is 18.6 Å². The predicted molar refractivity (Wildman–Crippen MR) is 108 cm³/mol. The van der Waals surface area contributed by atoms with Crippen LogP contribution in [-0.2, 0) is 4.74 Å². The van der Waals surface area contributed by atoms with E-state index in [0.717, 1.165) is 28.7 Å². The smallest absolute Gasteiger partial charge is 0.234 e. The van der Waals surface area contributed by atoms with Crippen molar-refractivity contribution in [3.05, 3.63) is 52.8 Å². The number of morpholine rings is 1. The molecule has 27 heavy (non-hydrogen) atoms. The topological polar surface area (TPSA) is 76.1 Å². The first-order valence-corrected chi connectivity index (χ1v) is 9.59. The Bertz CT molecular complexity index is 921. The van der Waals surface area contributed by atoms with Crippen molar-refractivity contribution in [3.8, 4) is 0 Å². The van der Waals surface area contributed by atoms with E-state index in [0.29, 0.717) is 30.9 Å². The van der Waals surface area contributed by atoms with E-state index in [1.807, 2.05) is 55.6 Å². The number of thiazole rings is 1. The molecule has 0 saturated carbocycles. The Morgan fingerprint density at radius 2 is 1.89 bits per heavy atom. The van der Waals surface area contributed by atoms with E-state index in [1.165, 1.54) is 0 Å². The standard InChI is InChI=1S/C19H20N6OS/c1-14-13-20-19(27-14)24-17-21-16(8-7-15-5-3-2-4-6-15)22-18(23-17)25-9-11-26-12-10-25/h2-8,13H,9-12H2,1H3,(H,20,21,22,23,24)/b8-7+. The van der Waals surface area contributed by atoms with Gasteiger partial charge in [-0.3, -0.25) is 5.32 Å². The maximum Gasteiger partial charge on any atom is 0.234 e. The van der Waals surface area contributed by atoms with Gasteiger partial charge in [-0.2, -0.15) is 15.0 Å². The average molecular weight is 380 g/mol. The number of aryl methyl sites for hydroxylation is 1. The summed E-state index contributed by atoms with van der Waals surface area (Å²) in [4.78, 5) is 21.3. The number of nitrogens with one attached hydrogen (secondary N) is 1. The van der Waals surface area contributed by atoms with Crippen LogP contribution in [0.25, 0.3) is 12.2 Å². The molecule has 1 saturated heterocycles. The molecule has 0 atom stereocenters. The van der Waals surface area contributed by atoms with E-state index in [9.17, 15) is 0 Å². The molecule has 8 heteroatoms. The highest BCUT2D eigenvalue weighted by Gasteiger charge is 2.16. The molecule has 3 heterocycles. The van der Waals surface area contributed by atoms with E-state index >= 15 is 0 Å². The molecule has 1 aliphatic heterocycles. The van der Waals surface area contributed by atoms with E-state index < -0.39 is 0 Å². The molecule has 138 valence electrons. The van der Waals surface area contributed by atoms with Crippen molar-refractivity contribution in [1.82, 2.24) is 19.9 Å². The highest BCUT2D eigenvalue weighted by atomic mass is 32.1. The molecule has 1 fully saturated rings. The van der Waals surface area contributed by atoms with Crippen LogP contribution < -0.4 is 10.2 Å². The van der Waals surface area contributed by atoms with Gasteiger partial charge in [-0.15, -0.1) is 11.3 Å². The highest BCUT2D eigenvalue weighted by molar-refractivity contribution is 7.15. The Hall–Kier alpha value is -2.84. The van der Waals surface area contributed by atoms with E-state index in [1.54, 1.807) is 11.3 Å². The zero-order valence-electron chi connectivity index (χ0n) is 15.0. The minimum absolute atomic E-state index is 0.494. The van der Waals surface area contributed by atoms with Gasteiger partial charge >= 0.3 is 0 Å². The molecule has 1 N–H and O–H groups in total. The summed E-state index contributed by atoms with van der Waals surface area (Å²) in [6, 6.07) is 10.1. The second kappa shape index (κ2) is 8.24. The fraction of sp³-hybridized carbons (Fsp3) is 0.263. The Balaban J connectivity index is 1.64. The molecular weight excluding hydrogens is 360 g/mol. The summed E-state index contributed by atoms with van der Waals surface area (Å²) in [5.41, 5.74) is 1.09. The maximum absolute atomic E-state index is 5.43. The summed E-state index contributed by atoms with van der Waals surface area (Å²) >= 11 is 1.57. The fourth-order valence-corrected chi connectivity index (χ4v) is 3.32. The molecule has 0 unspecified atom stereocenters. The molecule has 1 aliphatic rings. The monoisotopic (exact) mass is 380 g/mol. The molecule has 0 aliphatic carbocycles. The lowest BCUT2D eigenvalue weighted by Crippen LogP contribution is -2.37. The third-order valence-corrected chi connectivity index (χ3v) is 4.83. The molecule has 0 amide bonds. The minimum Gasteiger partial charge on any atom is -0.378 e. The summed E-state index contributed by atoms with van der Waals surface area (Å²) < 4.78 is 5.43. The summed E-state index contributed by atoms with van der Waals surface area (Å²) in [6.45, 7) is 4.90.